The van der Waals surface area contributed by atoms with Crippen LogP contribution >= 0.6 is 0 Å². The van der Waals surface area contributed by atoms with Gasteiger partial charge in [0.05, 0.1) is 18.8 Å². The number of aryl methyl sites for hydroxylation is 1. The lowest BCUT2D eigenvalue weighted by molar-refractivity contribution is -0.0309. The fourth-order valence-electron chi connectivity index (χ4n) is 3.95. The maximum absolute atomic E-state index is 13.0. The van der Waals surface area contributed by atoms with Gasteiger partial charge in [0, 0.05) is 18.3 Å². The number of carbonyl (C=O) groups excluding carboxylic acids is 1. The highest BCUT2D eigenvalue weighted by Crippen LogP contribution is 2.42. The van der Waals surface area contributed by atoms with Gasteiger partial charge in [0.2, 0.25) is 5.43 Å². The summed E-state index contributed by atoms with van der Waals surface area (Å²) in [5.41, 5.74) is 1.18. The molecule has 0 spiro atoms. The molecule has 1 aromatic rings. The van der Waals surface area contributed by atoms with Crippen LogP contribution in [-0.4, -0.2) is 40.9 Å². The van der Waals surface area contributed by atoms with Crippen LogP contribution in [0, 0.1) is 0 Å². The van der Waals surface area contributed by atoms with Gasteiger partial charge < -0.3 is 18.9 Å². The van der Waals surface area contributed by atoms with Crippen LogP contribution in [0.1, 0.15) is 55.3 Å². The minimum atomic E-state index is -0.211. The molecule has 6 heteroatoms. The Morgan fingerprint density at radius 3 is 3.00 bits per heavy atom. The average Bonchev–Trinajstić information content (AvgIpc) is 3.10. The molecule has 0 aromatic carbocycles. The predicted molar refractivity (Wildman–Crippen MR) is 83.8 cm³/mol. The molecule has 0 N–H and O–H groups in total. The van der Waals surface area contributed by atoms with Gasteiger partial charge in [-0.1, -0.05) is 13.3 Å². The molecule has 1 aromatic heterocycles. The summed E-state index contributed by atoms with van der Waals surface area (Å²) in [6.45, 7) is 5.09. The number of pyridine rings is 1. The van der Waals surface area contributed by atoms with Crippen LogP contribution in [0.25, 0.3) is 0 Å². The Morgan fingerprint density at radius 1 is 1.39 bits per heavy atom. The second-order valence-corrected chi connectivity index (χ2v) is 6.65. The van der Waals surface area contributed by atoms with Gasteiger partial charge in [-0.25, -0.2) is 0 Å². The Balaban J connectivity index is 1.82. The van der Waals surface area contributed by atoms with Crippen molar-refractivity contribution in [1.82, 2.24) is 9.47 Å². The van der Waals surface area contributed by atoms with Gasteiger partial charge in [-0.2, -0.15) is 0 Å². The number of rotatable bonds is 4. The first-order valence-corrected chi connectivity index (χ1v) is 8.49. The van der Waals surface area contributed by atoms with Crippen molar-refractivity contribution >= 4 is 5.91 Å². The van der Waals surface area contributed by atoms with E-state index in [0.717, 1.165) is 31.4 Å². The number of ether oxygens (including phenoxy) is 2. The van der Waals surface area contributed by atoms with Crippen molar-refractivity contribution in [3.8, 4) is 5.75 Å². The van der Waals surface area contributed by atoms with Crippen LogP contribution in [0.15, 0.2) is 10.9 Å². The van der Waals surface area contributed by atoms with Crippen LogP contribution in [0.2, 0.25) is 0 Å². The Labute approximate surface area is 135 Å². The monoisotopic (exact) mass is 318 g/mol. The van der Waals surface area contributed by atoms with Crippen molar-refractivity contribution in [1.29, 1.82) is 0 Å². The first kappa shape index (κ1) is 14.8. The summed E-state index contributed by atoms with van der Waals surface area (Å²) in [6, 6.07) is 1.73. The molecule has 3 aliphatic heterocycles. The highest BCUT2D eigenvalue weighted by molar-refractivity contribution is 5.96. The maximum Gasteiger partial charge on any atom is 0.276 e. The molecule has 3 aliphatic rings. The summed E-state index contributed by atoms with van der Waals surface area (Å²) in [4.78, 5) is 27.2. The third-order valence-electron chi connectivity index (χ3n) is 4.98. The number of hydrogen-bond donors (Lipinski definition) is 0. The van der Waals surface area contributed by atoms with Crippen LogP contribution in [0.4, 0.5) is 0 Å². The Hall–Kier alpha value is -1.82. The summed E-state index contributed by atoms with van der Waals surface area (Å²) in [5.74, 6) is 0.0834. The molecule has 23 heavy (non-hydrogen) atoms. The molecule has 124 valence electrons. The molecule has 0 bridgehead atoms. The molecule has 0 radical (unpaired) electrons. The Bertz CT molecular complexity index is 711. The zero-order chi connectivity index (χ0) is 16.1. The Morgan fingerprint density at radius 2 is 2.22 bits per heavy atom. The van der Waals surface area contributed by atoms with Crippen molar-refractivity contribution in [3.05, 3.63) is 27.7 Å². The zero-order valence-corrected chi connectivity index (χ0v) is 13.6. The summed E-state index contributed by atoms with van der Waals surface area (Å²) >= 11 is 0. The zero-order valence-electron chi connectivity index (χ0n) is 13.6. The van der Waals surface area contributed by atoms with E-state index < -0.39 is 0 Å². The van der Waals surface area contributed by atoms with Gasteiger partial charge in [-0.15, -0.1) is 0 Å². The van der Waals surface area contributed by atoms with Crippen molar-refractivity contribution < 1.29 is 14.3 Å². The molecule has 0 aliphatic carbocycles. The van der Waals surface area contributed by atoms with E-state index >= 15 is 0 Å². The van der Waals surface area contributed by atoms with E-state index in [-0.39, 0.29) is 35.5 Å². The number of aromatic nitrogens is 1. The Kier molecular flexibility index (Phi) is 3.44. The van der Waals surface area contributed by atoms with Crippen molar-refractivity contribution in [2.75, 3.05) is 13.2 Å². The molecule has 4 heterocycles. The van der Waals surface area contributed by atoms with Crippen LogP contribution in [0.5, 0.6) is 5.75 Å². The fourth-order valence-corrected chi connectivity index (χ4v) is 3.95. The third-order valence-corrected chi connectivity index (χ3v) is 4.98. The minimum Gasteiger partial charge on any atom is -0.487 e. The van der Waals surface area contributed by atoms with E-state index in [2.05, 4.69) is 6.92 Å². The highest BCUT2D eigenvalue weighted by atomic mass is 16.5. The van der Waals surface area contributed by atoms with E-state index in [1.165, 1.54) is 0 Å². The smallest absolute Gasteiger partial charge is 0.276 e. The third kappa shape index (κ3) is 2.11. The fraction of sp³-hybridized carbons (Fsp3) is 0.647. The molecular formula is C17H22N2O4. The second-order valence-electron chi connectivity index (χ2n) is 6.65. The van der Waals surface area contributed by atoms with Crippen molar-refractivity contribution in [2.45, 2.75) is 57.9 Å². The lowest BCUT2D eigenvalue weighted by Gasteiger charge is -2.36. The van der Waals surface area contributed by atoms with Gasteiger partial charge in [-0.3, -0.25) is 9.59 Å². The average molecular weight is 318 g/mol. The van der Waals surface area contributed by atoms with E-state index in [9.17, 15) is 9.59 Å². The maximum atomic E-state index is 13.0. The summed E-state index contributed by atoms with van der Waals surface area (Å²) in [6.07, 6.45) is 3.36. The molecule has 1 saturated heterocycles. The lowest BCUT2D eigenvalue weighted by Crippen LogP contribution is -2.48. The first-order valence-electron chi connectivity index (χ1n) is 8.49. The summed E-state index contributed by atoms with van der Waals surface area (Å²) in [5, 5.41) is 0. The van der Waals surface area contributed by atoms with Gasteiger partial charge >= 0.3 is 0 Å². The lowest BCUT2D eigenvalue weighted by atomic mass is 10.1. The van der Waals surface area contributed by atoms with E-state index in [1.807, 2.05) is 11.5 Å². The molecule has 3 atom stereocenters. The number of fused-ring (bicyclic) bond motifs is 2. The molecule has 0 saturated carbocycles. The molecule has 1 amide bonds. The number of unbranched alkanes of at least 4 members (excludes halogenated alkanes) is 1. The number of amides is 1. The summed E-state index contributed by atoms with van der Waals surface area (Å²) < 4.78 is 13.7. The highest BCUT2D eigenvalue weighted by Gasteiger charge is 2.49. The van der Waals surface area contributed by atoms with E-state index in [0.29, 0.717) is 18.8 Å². The van der Waals surface area contributed by atoms with Crippen molar-refractivity contribution in [3.63, 3.8) is 0 Å². The van der Waals surface area contributed by atoms with Gasteiger partial charge in [0.15, 0.2) is 17.7 Å². The van der Waals surface area contributed by atoms with Crippen LogP contribution < -0.4 is 10.2 Å². The second kappa shape index (κ2) is 5.37. The summed E-state index contributed by atoms with van der Waals surface area (Å²) in [7, 11) is 0. The van der Waals surface area contributed by atoms with Crippen LogP contribution in [-0.2, 0) is 11.2 Å². The topological polar surface area (TPSA) is 60.8 Å². The molecule has 4 rings (SSSR count). The molecule has 2 unspecified atom stereocenters. The largest absolute Gasteiger partial charge is 0.487 e. The van der Waals surface area contributed by atoms with Gasteiger partial charge in [-0.05, 0) is 26.2 Å². The van der Waals surface area contributed by atoms with Gasteiger partial charge in [0.1, 0.15) is 0 Å². The van der Waals surface area contributed by atoms with E-state index in [1.54, 1.807) is 11.0 Å². The SMILES string of the molecule is CCCCOc1c2n3c(cc1=O)CCC3C1O[C@@H](C)CN1C2=O. The normalized spacial score (nSPS) is 28.0. The number of carbonyl (C=O) groups is 1. The van der Waals surface area contributed by atoms with Crippen molar-refractivity contribution in [2.24, 2.45) is 0 Å². The van der Waals surface area contributed by atoms with Crippen LogP contribution in [0.3, 0.4) is 0 Å². The van der Waals surface area contributed by atoms with Gasteiger partial charge in [0.25, 0.3) is 5.91 Å². The molecular weight excluding hydrogens is 296 g/mol. The number of nitrogens with zero attached hydrogens (tertiary/aromatic N) is 2. The standard InChI is InChI=1S/C17H22N2O4/c1-3-4-7-22-15-13(20)8-11-5-6-12-17-18(9-10(2)23-17)16(21)14(15)19(11)12/h8,10,12,17H,3-7,9H2,1-2H3/t10-,12?,17?/m0/s1. The van der Waals surface area contributed by atoms with E-state index in [4.69, 9.17) is 9.47 Å². The quantitative estimate of drug-likeness (QED) is 0.793. The minimum absolute atomic E-state index is 0.0269. The first-order chi connectivity index (χ1) is 11.1. The number of hydrogen-bond acceptors (Lipinski definition) is 4. The predicted octanol–water partition coefficient (Wildman–Crippen LogP) is 1.72. The molecule has 6 nitrogen and oxygen atoms in total. The molecule has 1 fully saturated rings.